The minimum Gasteiger partial charge on any atom is -0.486 e. The summed E-state index contributed by atoms with van der Waals surface area (Å²) in [6.45, 7) is 0.932. The number of carbonyl (C=O) groups excluding carboxylic acids is 1. The third kappa shape index (κ3) is 3.29. The Morgan fingerprint density at radius 2 is 1.92 bits per heavy atom. The molecule has 0 atom stereocenters. The second-order valence-electron chi connectivity index (χ2n) is 5.32. The highest BCUT2D eigenvalue weighted by molar-refractivity contribution is 6.34. The molecular weight excluding hydrogens is 344 g/mol. The minimum atomic E-state index is -0.360. The molecule has 7 heteroatoms. The van der Waals surface area contributed by atoms with Gasteiger partial charge in [0.1, 0.15) is 18.7 Å². The van der Waals surface area contributed by atoms with E-state index >= 15 is 0 Å². The number of rotatable bonds is 3. The summed E-state index contributed by atoms with van der Waals surface area (Å²) in [6, 6.07) is 10.6. The van der Waals surface area contributed by atoms with Gasteiger partial charge in [0.2, 0.25) is 11.8 Å². The second kappa shape index (κ2) is 6.49. The molecule has 3 aromatic rings. The number of hydrogen-bond acceptors (Lipinski definition) is 5. The summed E-state index contributed by atoms with van der Waals surface area (Å²) in [5.41, 5.74) is 1.84. The van der Waals surface area contributed by atoms with Crippen LogP contribution in [0.2, 0.25) is 5.02 Å². The van der Waals surface area contributed by atoms with Crippen LogP contribution in [0.3, 0.4) is 0 Å². The zero-order valence-corrected chi connectivity index (χ0v) is 13.7. The summed E-state index contributed by atoms with van der Waals surface area (Å²) in [7, 11) is 0. The Hall–Kier alpha value is -2.99. The van der Waals surface area contributed by atoms with Gasteiger partial charge in [0.15, 0.2) is 17.1 Å². The Morgan fingerprint density at radius 3 is 2.72 bits per heavy atom. The van der Waals surface area contributed by atoms with Gasteiger partial charge in [-0.05, 0) is 12.1 Å². The molecule has 1 N–H and O–H groups in total. The monoisotopic (exact) mass is 356 g/mol. The number of halogens is 1. The molecule has 0 fully saturated rings. The second-order valence-corrected chi connectivity index (χ2v) is 5.73. The van der Waals surface area contributed by atoms with Crippen LogP contribution >= 0.6 is 11.6 Å². The van der Waals surface area contributed by atoms with Gasteiger partial charge in [-0.15, -0.1) is 0 Å². The molecule has 1 aliphatic rings. The molecule has 0 saturated carbocycles. The van der Waals surface area contributed by atoms with Crippen molar-refractivity contribution in [2.45, 2.75) is 0 Å². The predicted octanol–water partition coefficient (Wildman–Crippen LogP) is 3.90. The molecule has 2 heterocycles. The van der Waals surface area contributed by atoms with Gasteiger partial charge in [-0.25, -0.2) is 4.98 Å². The van der Waals surface area contributed by atoms with E-state index in [0.29, 0.717) is 46.9 Å². The van der Waals surface area contributed by atoms with Crippen LogP contribution < -0.4 is 14.8 Å². The summed E-state index contributed by atoms with van der Waals surface area (Å²) < 4.78 is 16.5. The first-order chi connectivity index (χ1) is 12.2. The molecule has 0 unspecified atom stereocenters. The fourth-order valence-corrected chi connectivity index (χ4v) is 2.64. The topological polar surface area (TPSA) is 73.6 Å². The zero-order chi connectivity index (χ0) is 17.2. The van der Waals surface area contributed by atoms with Crippen LogP contribution in [0.25, 0.3) is 17.2 Å². The van der Waals surface area contributed by atoms with E-state index in [1.54, 1.807) is 12.1 Å². The number of hydrogen-bond donors (Lipinski definition) is 1. The van der Waals surface area contributed by atoms with Gasteiger partial charge in [0.25, 0.3) is 0 Å². The van der Waals surface area contributed by atoms with Crippen LogP contribution in [-0.4, -0.2) is 24.1 Å². The molecule has 0 radical (unpaired) electrons. The Kier molecular flexibility index (Phi) is 4.03. The molecule has 4 rings (SSSR count). The van der Waals surface area contributed by atoms with Crippen LogP contribution in [0.4, 0.5) is 5.69 Å². The van der Waals surface area contributed by atoms with Crippen molar-refractivity contribution in [3.8, 4) is 11.5 Å². The number of para-hydroxylation sites is 2. The number of amides is 1. The smallest absolute Gasteiger partial charge is 0.248 e. The van der Waals surface area contributed by atoms with Crippen molar-refractivity contribution in [2.75, 3.05) is 18.5 Å². The Labute approximate surface area is 148 Å². The van der Waals surface area contributed by atoms with Gasteiger partial charge in [-0.3, -0.25) is 4.79 Å². The average Bonchev–Trinajstić information content (AvgIpc) is 3.03. The molecule has 126 valence electrons. The number of aromatic nitrogens is 1. The average molecular weight is 357 g/mol. The van der Waals surface area contributed by atoms with Crippen LogP contribution in [-0.2, 0) is 4.79 Å². The van der Waals surface area contributed by atoms with Crippen LogP contribution in [0, 0.1) is 0 Å². The number of ether oxygens (including phenoxy) is 2. The fraction of sp³-hybridized carbons (Fsp3) is 0.111. The Bertz CT molecular complexity index is 947. The number of carbonyl (C=O) groups is 1. The highest BCUT2D eigenvalue weighted by atomic mass is 35.5. The summed E-state index contributed by atoms with van der Waals surface area (Å²) >= 11 is 6.17. The van der Waals surface area contributed by atoms with E-state index in [1.165, 1.54) is 12.2 Å². The lowest BCUT2D eigenvalue weighted by Gasteiger charge is -2.19. The van der Waals surface area contributed by atoms with Crippen molar-refractivity contribution in [1.82, 2.24) is 4.98 Å². The summed E-state index contributed by atoms with van der Waals surface area (Å²) in [5, 5.41) is 3.07. The van der Waals surface area contributed by atoms with Gasteiger partial charge in [-0.1, -0.05) is 23.7 Å². The van der Waals surface area contributed by atoms with E-state index in [-0.39, 0.29) is 5.91 Å². The predicted molar refractivity (Wildman–Crippen MR) is 94.1 cm³/mol. The fourth-order valence-electron chi connectivity index (χ4n) is 2.44. The number of anilines is 1. The highest BCUT2D eigenvalue weighted by Gasteiger charge is 2.15. The van der Waals surface area contributed by atoms with Crippen LogP contribution in [0.15, 0.2) is 46.9 Å². The van der Waals surface area contributed by atoms with Gasteiger partial charge in [-0.2, -0.15) is 0 Å². The van der Waals surface area contributed by atoms with Gasteiger partial charge < -0.3 is 19.2 Å². The lowest BCUT2D eigenvalue weighted by molar-refractivity contribution is -0.111. The molecule has 0 saturated heterocycles. The SMILES string of the molecule is O=C(/C=C/c1nc2ccccc2o1)Nc1cc2c(cc1Cl)OCCO2. The third-order valence-electron chi connectivity index (χ3n) is 3.58. The Balaban J connectivity index is 1.50. The largest absolute Gasteiger partial charge is 0.486 e. The van der Waals surface area contributed by atoms with Gasteiger partial charge in [0.05, 0.1) is 10.7 Å². The number of oxazole rings is 1. The number of nitrogens with zero attached hydrogens (tertiary/aromatic N) is 1. The van der Waals surface area contributed by atoms with E-state index in [9.17, 15) is 4.79 Å². The first-order valence-corrected chi connectivity index (χ1v) is 8.00. The molecule has 1 amide bonds. The maximum Gasteiger partial charge on any atom is 0.248 e. The van der Waals surface area contributed by atoms with E-state index in [4.69, 9.17) is 25.5 Å². The molecule has 0 aliphatic carbocycles. The molecule has 6 nitrogen and oxygen atoms in total. The zero-order valence-electron chi connectivity index (χ0n) is 13.0. The van der Waals surface area contributed by atoms with E-state index in [1.807, 2.05) is 24.3 Å². The molecular formula is C18H13ClN2O4. The Morgan fingerprint density at radius 1 is 1.16 bits per heavy atom. The van der Waals surface area contributed by atoms with Crippen molar-refractivity contribution in [3.05, 3.63) is 53.4 Å². The number of nitrogens with one attached hydrogen (secondary N) is 1. The molecule has 1 aliphatic heterocycles. The van der Waals surface area contributed by atoms with Crippen molar-refractivity contribution >= 4 is 40.4 Å². The van der Waals surface area contributed by atoms with Crippen molar-refractivity contribution in [2.24, 2.45) is 0 Å². The molecule has 25 heavy (non-hydrogen) atoms. The maximum atomic E-state index is 12.1. The third-order valence-corrected chi connectivity index (χ3v) is 3.89. The van der Waals surface area contributed by atoms with Gasteiger partial charge in [0, 0.05) is 24.3 Å². The van der Waals surface area contributed by atoms with E-state index in [0.717, 1.165) is 5.52 Å². The van der Waals surface area contributed by atoms with Crippen molar-refractivity contribution in [3.63, 3.8) is 0 Å². The highest BCUT2D eigenvalue weighted by Crippen LogP contribution is 2.37. The molecule has 0 bridgehead atoms. The molecule has 2 aromatic carbocycles. The van der Waals surface area contributed by atoms with Crippen LogP contribution in [0.5, 0.6) is 11.5 Å². The van der Waals surface area contributed by atoms with Crippen molar-refractivity contribution < 1.29 is 18.7 Å². The van der Waals surface area contributed by atoms with E-state index in [2.05, 4.69) is 10.3 Å². The first-order valence-electron chi connectivity index (χ1n) is 7.63. The maximum absolute atomic E-state index is 12.1. The number of fused-ring (bicyclic) bond motifs is 2. The lowest BCUT2D eigenvalue weighted by Crippen LogP contribution is -2.16. The summed E-state index contributed by atoms with van der Waals surface area (Å²) in [6.07, 6.45) is 2.83. The molecule has 0 spiro atoms. The minimum absolute atomic E-state index is 0.352. The van der Waals surface area contributed by atoms with Crippen molar-refractivity contribution in [1.29, 1.82) is 0 Å². The normalized spacial score (nSPS) is 13.3. The van der Waals surface area contributed by atoms with E-state index < -0.39 is 0 Å². The molecule has 1 aromatic heterocycles. The first kappa shape index (κ1) is 15.5. The quantitative estimate of drug-likeness (QED) is 0.720. The standard InChI is InChI=1S/C18H13ClN2O4/c19-11-9-15-16(24-8-7-23-15)10-13(11)20-17(22)5-6-18-21-12-3-1-2-4-14(12)25-18/h1-6,9-10H,7-8H2,(H,20,22)/b6-5+. The lowest BCUT2D eigenvalue weighted by atomic mass is 10.2. The van der Waals surface area contributed by atoms with Crippen LogP contribution in [0.1, 0.15) is 5.89 Å². The number of benzene rings is 2. The summed E-state index contributed by atoms with van der Waals surface area (Å²) in [4.78, 5) is 16.4. The summed E-state index contributed by atoms with van der Waals surface area (Å²) in [5.74, 6) is 1.11. The van der Waals surface area contributed by atoms with Gasteiger partial charge >= 0.3 is 0 Å².